The number of nitrogens with one attached hydrogen (secondary N) is 1. The van der Waals surface area contributed by atoms with Crippen molar-refractivity contribution in [1.82, 2.24) is 9.97 Å². The van der Waals surface area contributed by atoms with E-state index in [1.54, 1.807) is 12.4 Å². The second-order valence-electron chi connectivity index (χ2n) is 6.16. The minimum atomic E-state index is 0.151. The molecule has 112 valence electrons. The SMILES string of the molecule is CNc1cnc(COc2ccc(C(C)(C)C)cc2C)cn1. The van der Waals surface area contributed by atoms with Crippen LogP contribution in [0.1, 0.15) is 37.6 Å². The van der Waals surface area contributed by atoms with E-state index in [4.69, 9.17) is 4.74 Å². The van der Waals surface area contributed by atoms with Crippen molar-refractivity contribution in [1.29, 1.82) is 0 Å². The Bertz CT molecular complexity index is 600. The summed E-state index contributed by atoms with van der Waals surface area (Å²) in [5.74, 6) is 1.65. The first-order valence-electron chi connectivity index (χ1n) is 7.13. The molecule has 0 atom stereocenters. The van der Waals surface area contributed by atoms with E-state index in [-0.39, 0.29) is 5.41 Å². The zero-order valence-corrected chi connectivity index (χ0v) is 13.4. The summed E-state index contributed by atoms with van der Waals surface area (Å²) in [4.78, 5) is 8.53. The third-order valence-corrected chi connectivity index (χ3v) is 3.38. The van der Waals surface area contributed by atoms with Gasteiger partial charge in [-0.3, -0.25) is 4.98 Å². The van der Waals surface area contributed by atoms with Crippen molar-refractivity contribution >= 4 is 5.82 Å². The number of hydrogen-bond acceptors (Lipinski definition) is 4. The largest absolute Gasteiger partial charge is 0.487 e. The molecule has 4 nitrogen and oxygen atoms in total. The Morgan fingerprint density at radius 3 is 2.43 bits per heavy atom. The van der Waals surface area contributed by atoms with E-state index in [1.165, 1.54) is 5.56 Å². The van der Waals surface area contributed by atoms with Crippen molar-refractivity contribution in [2.45, 2.75) is 39.7 Å². The Labute approximate surface area is 126 Å². The van der Waals surface area contributed by atoms with E-state index in [9.17, 15) is 0 Å². The average Bonchev–Trinajstić information content (AvgIpc) is 2.45. The molecule has 1 N–H and O–H groups in total. The Balaban J connectivity index is 2.06. The Kier molecular flexibility index (Phi) is 4.46. The summed E-state index contributed by atoms with van der Waals surface area (Å²) in [6.07, 6.45) is 3.43. The van der Waals surface area contributed by atoms with Gasteiger partial charge in [-0.15, -0.1) is 0 Å². The number of benzene rings is 1. The van der Waals surface area contributed by atoms with Crippen molar-refractivity contribution in [2.75, 3.05) is 12.4 Å². The highest BCUT2D eigenvalue weighted by molar-refractivity contribution is 5.38. The van der Waals surface area contributed by atoms with Gasteiger partial charge >= 0.3 is 0 Å². The van der Waals surface area contributed by atoms with Gasteiger partial charge in [0.15, 0.2) is 0 Å². The minimum absolute atomic E-state index is 0.151. The molecule has 0 fully saturated rings. The average molecular weight is 285 g/mol. The van der Waals surface area contributed by atoms with Crippen LogP contribution in [-0.4, -0.2) is 17.0 Å². The molecule has 0 aliphatic carbocycles. The lowest BCUT2D eigenvalue weighted by Crippen LogP contribution is -2.11. The number of hydrogen-bond donors (Lipinski definition) is 1. The van der Waals surface area contributed by atoms with E-state index in [0.717, 1.165) is 22.8 Å². The molecule has 0 aliphatic rings. The smallest absolute Gasteiger partial charge is 0.144 e. The van der Waals surface area contributed by atoms with Gasteiger partial charge in [0.2, 0.25) is 0 Å². The van der Waals surface area contributed by atoms with E-state index in [1.807, 2.05) is 13.1 Å². The molecule has 1 heterocycles. The number of aryl methyl sites for hydroxylation is 1. The van der Waals surface area contributed by atoms with Gasteiger partial charge in [0.1, 0.15) is 18.2 Å². The van der Waals surface area contributed by atoms with E-state index in [0.29, 0.717) is 6.61 Å². The fourth-order valence-corrected chi connectivity index (χ4v) is 1.99. The quantitative estimate of drug-likeness (QED) is 0.930. The molecule has 0 saturated carbocycles. The molecule has 0 spiro atoms. The van der Waals surface area contributed by atoms with Crippen LogP contribution >= 0.6 is 0 Å². The summed E-state index contributed by atoms with van der Waals surface area (Å²) >= 11 is 0. The molecule has 4 heteroatoms. The topological polar surface area (TPSA) is 47.0 Å². The zero-order chi connectivity index (χ0) is 15.5. The third kappa shape index (κ3) is 3.94. The van der Waals surface area contributed by atoms with Gasteiger partial charge in [-0.1, -0.05) is 32.9 Å². The second-order valence-corrected chi connectivity index (χ2v) is 6.16. The lowest BCUT2D eigenvalue weighted by Gasteiger charge is -2.20. The standard InChI is InChI=1S/C17H23N3O/c1-12-8-13(17(2,3)4)6-7-15(12)21-11-14-9-20-16(18-5)10-19-14/h6-10H,11H2,1-5H3,(H,18,20). The van der Waals surface area contributed by atoms with Gasteiger partial charge in [-0.2, -0.15) is 0 Å². The summed E-state index contributed by atoms with van der Waals surface area (Å²) in [5, 5.41) is 2.94. The second kappa shape index (κ2) is 6.12. The predicted molar refractivity (Wildman–Crippen MR) is 85.8 cm³/mol. The maximum Gasteiger partial charge on any atom is 0.144 e. The molecule has 2 aromatic rings. The number of rotatable bonds is 4. The summed E-state index contributed by atoms with van der Waals surface area (Å²) in [6, 6.07) is 6.34. The molecule has 0 bridgehead atoms. The lowest BCUT2D eigenvalue weighted by molar-refractivity contribution is 0.298. The van der Waals surface area contributed by atoms with Crippen LogP contribution < -0.4 is 10.1 Å². The van der Waals surface area contributed by atoms with E-state index >= 15 is 0 Å². The monoisotopic (exact) mass is 285 g/mol. The van der Waals surface area contributed by atoms with Crippen molar-refractivity contribution in [2.24, 2.45) is 0 Å². The minimum Gasteiger partial charge on any atom is -0.487 e. The number of anilines is 1. The van der Waals surface area contributed by atoms with Gasteiger partial charge in [0.25, 0.3) is 0 Å². The number of ether oxygens (including phenoxy) is 1. The molecule has 1 aromatic carbocycles. The van der Waals surface area contributed by atoms with E-state index < -0.39 is 0 Å². The third-order valence-electron chi connectivity index (χ3n) is 3.38. The first-order chi connectivity index (χ1) is 9.90. The van der Waals surface area contributed by atoms with Gasteiger partial charge in [0, 0.05) is 7.05 Å². The zero-order valence-electron chi connectivity index (χ0n) is 13.4. The molecular weight excluding hydrogens is 262 g/mol. The van der Waals surface area contributed by atoms with Crippen LogP contribution in [0.3, 0.4) is 0 Å². The fourth-order valence-electron chi connectivity index (χ4n) is 1.99. The van der Waals surface area contributed by atoms with Crippen molar-refractivity contribution < 1.29 is 4.74 Å². The van der Waals surface area contributed by atoms with Crippen LogP contribution in [0.4, 0.5) is 5.82 Å². The maximum atomic E-state index is 5.84. The predicted octanol–water partition coefficient (Wildman–Crippen LogP) is 3.70. The van der Waals surface area contributed by atoms with Crippen molar-refractivity contribution in [3.63, 3.8) is 0 Å². The first kappa shape index (κ1) is 15.3. The van der Waals surface area contributed by atoms with Crippen molar-refractivity contribution in [3.05, 3.63) is 47.4 Å². The van der Waals surface area contributed by atoms with Crippen LogP contribution in [0.2, 0.25) is 0 Å². The molecule has 0 saturated heterocycles. The molecule has 21 heavy (non-hydrogen) atoms. The van der Waals surface area contributed by atoms with E-state index in [2.05, 4.69) is 55.1 Å². The Morgan fingerprint density at radius 1 is 1.14 bits per heavy atom. The maximum absolute atomic E-state index is 5.84. The van der Waals surface area contributed by atoms with Crippen LogP contribution in [-0.2, 0) is 12.0 Å². The molecule has 1 aromatic heterocycles. The summed E-state index contributed by atoms with van der Waals surface area (Å²) in [7, 11) is 1.82. The Hall–Kier alpha value is -2.10. The molecule has 0 unspecified atom stereocenters. The van der Waals surface area contributed by atoms with Crippen LogP contribution in [0.5, 0.6) is 5.75 Å². The van der Waals surface area contributed by atoms with Gasteiger partial charge < -0.3 is 10.1 Å². The summed E-state index contributed by atoms with van der Waals surface area (Å²) < 4.78 is 5.84. The Morgan fingerprint density at radius 2 is 1.90 bits per heavy atom. The van der Waals surface area contributed by atoms with Gasteiger partial charge in [0.05, 0.1) is 18.1 Å². The van der Waals surface area contributed by atoms with Crippen molar-refractivity contribution in [3.8, 4) is 5.75 Å². The van der Waals surface area contributed by atoms with Crippen LogP contribution in [0.25, 0.3) is 0 Å². The van der Waals surface area contributed by atoms with Crippen LogP contribution in [0, 0.1) is 6.92 Å². The fraction of sp³-hybridized carbons (Fsp3) is 0.412. The molecule has 0 radical (unpaired) electrons. The molecule has 0 aliphatic heterocycles. The molecule has 2 rings (SSSR count). The summed E-state index contributed by atoms with van der Waals surface area (Å²) in [6.45, 7) is 9.12. The first-order valence-corrected chi connectivity index (χ1v) is 7.13. The van der Waals surface area contributed by atoms with Crippen LogP contribution in [0.15, 0.2) is 30.6 Å². The number of aromatic nitrogens is 2. The molecule has 0 amide bonds. The highest BCUT2D eigenvalue weighted by atomic mass is 16.5. The summed E-state index contributed by atoms with van der Waals surface area (Å²) in [5.41, 5.74) is 3.42. The lowest BCUT2D eigenvalue weighted by atomic mass is 9.86. The highest BCUT2D eigenvalue weighted by Crippen LogP contribution is 2.27. The molecular formula is C17H23N3O. The number of nitrogens with zero attached hydrogens (tertiary/aromatic N) is 2. The van der Waals surface area contributed by atoms with Gasteiger partial charge in [-0.05, 0) is 29.5 Å². The van der Waals surface area contributed by atoms with Gasteiger partial charge in [-0.25, -0.2) is 4.98 Å². The normalized spacial score (nSPS) is 11.3. The highest BCUT2D eigenvalue weighted by Gasteiger charge is 2.14.